The number of rotatable bonds is 10. The molecular weight excluding hydrogens is 350 g/mol. The van der Waals surface area contributed by atoms with Crippen LogP contribution < -0.4 is 5.73 Å². The van der Waals surface area contributed by atoms with Gasteiger partial charge in [-0.3, -0.25) is 9.59 Å². The molecule has 0 bridgehead atoms. The van der Waals surface area contributed by atoms with Crippen molar-refractivity contribution in [2.75, 3.05) is 19.6 Å². The van der Waals surface area contributed by atoms with E-state index in [4.69, 9.17) is 5.73 Å². The quantitative estimate of drug-likeness (QED) is 0.628. The first-order chi connectivity index (χ1) is 13.7. The first kappa shape index (κ1) is 20.8. The van der Waals surface area contributed by atoms with E-state index in [1.165, 1.54) is 5.56 Å². The van der Waals surface area contributed by atoms with Gasteiger partial charge in [-0.1, -0.05) is 43.2 Å². The molecule has 2 amide bonds. The zero-order valence-corrected chi connectivity index (χ0v) is 17.0. The number of carbonyl (C=O) groups is 2. The second-order valence-corrected chi connectivity index (χ2v) is 8.29. The number of nitrogens with two attached hydrogens (primary N) is 1. The van der Waals surface area contributed by atoms with Gasteiger partial charge in [-0.25, -0.2) is 0 Å². The van der Waals surface area contributed by atoms with Crippen LogP contribution in [0.2, 0.25) is 0 Å². The molecule has 0 unspecified atom stereocenters. The number of piperidine rings is 1. The molecule has 0 radical (unpaired) electrons. The van der Waals surface area contributed by atoms with Crippen LogP contribution in [-0.4, -0.2) is 47.3 Å². The second-order valence-electron chi connectivity index (χ2n) is 8.29. The van der Waals surface area contributed by atoms with E-state index < -0.39 is 0 Å². The Morgan fingerprint density at radius 2 is 1.64 bits per heavy atom. The molecule has 1 saturated heterocycles. The fourth-order valence-corrected chi connectivity index (χ4v) is 4.10. The Labute approximate surface area is 169 Å². The topological polar surface area (TPSA) is 66.6 Å². The van der Waals surface area contributed by atoms with E-state index >= 15 is 0 Å². The molecule has 1 aromatic rings. The maximum absolute atomic E-state index is 13.1. The molecule has 5 heteroatoms. The second kappa shape index (κ2) is 10.6. The Bertz CT molecular complexity index is 622. The summed E-state index contributed by atoms with van der Waals surface area (Å²) in [6.07, 6.45) is 8.66. The molecule has 5 nitrogen and oxygen atoms in total. The molecule has 2 N–H and O–H groups in total. The smallest absolute Gasteiger partial charge is 0.226 e. The van der Waals surface area contributed by atoms with Gasteiger partial charge in [0.05, 0.1) is 0 Å². The minimum Gasteiger partial charge on any atom is -0.343 e. The number of likely N-dealkylation sites (tertiary alicyclic amines) is 1. The van der Waals surface area contributed by atoms with Crippen LogP contribution in [0.25, 0.3) is 0 Å². The lowest BCUT2D eigenvalue weighted by molar-refractivity contribution is -0.141. The van der Waals surface area contributed by atoms with Crippen LogP contribution in [-0.2, 0) is 16.1 Å². The number of hydrogen-bond acceptors (Lipinski definition) is 3. The highest BCUT2D eigenvalue weighted by atomic mass is 16.2. The van der Waals surface area contributed by atoms with Gasteiger partial charge < -0.3 is 15.5 Å². The predicted molar refractivity (Wildman–Crippen MR) is 111 cm³/mol. The van der Waals surface area contributed by atoms with Gasteiger partial charge in [0.25, 0.3) is 0 Å². The molecule has 1 saturated carbocycles. The van der Waals surface area contributed by atoms with Gasteiger partial charge in [0.15, 0.2) is 0 Å². The van der Waals surface area contributed by atoms with Crippen molar-refractivity contribution in [3.63, 3.8) is 0 Å². The monoisotopic (exact) mass is 385 g/mol. The summed E-state index contributed by atoms with van der Waals surface area (Å²) in [6.45, 7) is 2.90. The Hall–Kier alpha value is -1.88. The van der Waals surface area contributed by atoms with Crippen molar-refractivity contribution in [2.45, 2.75) is 70.4 Å². The van der Waals surface area contributed by atoms with E-state index in [0.717, 1.165) is 71.0 Å². The highest BCUT2D eigenvalue weighted by molar-refractivity contribution is 5.80. The van der Waals surface area contributed by atoms with Crippen LogP contribution in [0.1, 0.15) is 63.4 Å². The van der Waals surface area contributed by atoms with E-state index in [1.807, 2.05) is 23.1 Å². The molecule has 2 aliphatic rings. The number of unbranched alkanes of at least 4 members (excludes halogenated alkanes) is 3. The summed E-state index contributed by atoms with van der Waals surface area (Å²) < 4.78 is 0. The van der Waals surface area contributed by atoms with Crippen LogP contribution in [0.4, 0.5) is 0 Å². The normalized spacial score (nSPS) is 17.5. The largest absolute Gasteiger partial charge is 0.343 e. The third kappa shape index (κ3) is 6.06. The average Bonchev–Trinajstić information content (AvgIpc) is 3.57. The Kier molecular flexibility index (Phi) is 7.90. The summed E-state index contributed by atoms with van der Waals surface area (Å²) in [7, 11) is 0. The molecule has 1 aromatic carbocycles. The Morgan fingerprint density at radius 1 is 0.964 bits per heavy atom. The third-order valence-electron chi connectivity index (χ3n) is 6.01. The minimum absolute atomic E-state index is 0.0675. The number of benzene rings is 1. The van der Waals surface area contributed by atoms with Crippen molar-refractivity contribution in [2.24, 2.45) is 11.7 Å². The highest BCUT2D eigenvalue weighted by Gasteiger charge is 2.37. The Morgan fingerprint density at radius 3 is 2.29 bits per heavy atom. The van der Waals surface area contributed by atoms with E-state index in [0.29, 0.717) is 24.9 Å². The highest BCUT2D eigenvalue weighted by Crippen LogP contribution is 2.32. The lowest BCUT2D eigenvalue weighted by Crippen LogP contribution is -2.44. The molecule has 0 spiro atoms. The van der Waals surface area contributed by atoms with Gasteiger partial charge in [0, 0.05) is 38.0 Å². The van der Waals surface area contributed by atoms with Crippen LogP contribution in [0.3, 0.4) is 0 Å². The van der Waals surface area contributed by atoms with Crippen molar-refractivity contribution in [3.8, 4) is 0 Å². The van der Waals surface area contributed by atoms with E-state index in [9.17, 15) is 9.59 Å². The molecule has 1 aliphatic heterocycles. The van der Waals surface area contributed by atoms with Crippen LogP contribution in [0, 0.1) is 5.92 Å². The van der Waals surface area contributed by atoms with Crippen molar-refractivity contribution < 1.29 is 9.59 Å². The van der Waals surface area contributed by atoms with Crippen LogP contribution >= 0.6 is 0 Å². The minimum atomic E-state index is 0.0675. The number of hydrogen-bond donors (Lipinski definition) is 1. The van der Waals surface area contributed by atoms with Gasteiger partial charge in [0.2, 0.25) is 11.8 Å². The fraction of sp³-hybridized carbons (Fsp3) is 0.652. The molecule has 1 heterocycles. The maximum Gasteiger partial charge on any atom is 0.226 e. The fourth-order valence-electron chi connectivity index (χ4n) is 4.10. The molecule has 28 heavy (non-hydrogen) atoms. The number of amides is 2. The maximum atomic E-state index is 13.1. The first-order valence-electron chi connectivity index (χ1n) is 11.0. The van der Waals surface area contributed by atoms with Crippen molar-refractivity contribution in [1.29, 1.82) is 0 Å². The summed E-state index contributed by atoms with van der Waals surface area (Å²) in [5, 5.41) is 0. The summed E-state index contributed by atoms with van der Waals surface area (Å²) in [6, 6.07) is 10.7. The molecular formula is C23H35N3O2. The van der Waals surface area contributed by atoms with Crippen molar-refractivity contribution in [3.05, 3.63) is 35.9 Å². The standard InChI is InChI=1S/C23H35N3O2/c24-15-7-2-1-6-10-22(27)25-16-13-20(14-17-25)23(28)26(21-11-12-21)18-19-8-4-3-5-9-19/h3-5,8-9,20-21H,1-2,6-7,10-18,24H2. The van der Waals surface area contributed by atoms with Gasteiger partial charge in [-0.2, -0.15) is 0 Å². The molecule has 0 atom stereocenters. The van der Waals surface area contributed by atoms with Crippen LogP contribution in [0.5, 0.6) is 0 Å². The average molecular weight is 386 g/mol. The zero-order chi connectivity index (χ0) is 19.8. The summed E-state index contributed by atoms with van der Waals surface area (Å²) in [4.78, 5) is 29.6. The lowest BCUT2D eigenvalue weighted by atomic mass is 9.94. The van der Waals surface area contributed by atoms with Crippen LogP contribution in [0.15, 0.2) is 30.3 Å². The first-order valence-corrected chi connectivity index (χ1v) is 11.0. The molecule has 2 fully saturated rings. The van der Waals surface area contributed by atoms with Crippen molar-refractivity contribution >= 4 is 11.8 Å². The van der Waals surface area contributed by atoms with E-state index in [2.05, 4.69) is 17.0 Å². The van der Waals surface area contributed by atoms with E-state index in [-0.39, 0.29) is 11.8 Å². The molecule has 0 aromatic heterocycles. The summed E-state index contributed by atoms with van der Waals surface area (Å²) >= 11 is 0. The predicted octanol–water partition coefficient (Wildman–Crippen LogP) is 3.33. The van der Waals surface area contributed by atoms with Gasteiger partial charge in [-0.15, -0.1) is 0 Å². The molecule has 3 rings (SSSR count). The summed E-state index contributed by atoms with van der Waals surface area (Å²) in [5.74, 6) is 0.611. The zero-order valence-electron chi connectivity index (χ0n) is 17.0. The lowest BCUT2D eigenvalue weighted by Gasteiger charge is -2.34. The summed E-state index contributed by atoms with van der Waals surface area (Å²) in [5.41, 5.74) is 6.70. The SMILES string of the molecule is NCCCCCCC(=O)N1CCC(C(=O)N(Cc2ccccc2)C2CC2)CC1. The van der Waals surface area contributed by atoms with Gasteiger partial charge >= 0.3 is 0 Å². The molecule has 154 valence electrons. The molecule has 1 aliphatic carbocycles. The third-order valence-corrected chi connectivity index (χ3v) is 6.01. The Balaban J connectivity index is 1.44. The van der Waals surface area contributed by atoms with Crippen molar-refractivity contribution in [1.82, 2.24) is 9.80 Å². The van der Waals surface area contributed by atoms with E-state index in [1.54, 1.807) is 0 Å². The van der Waals surface area contributed by atoms with Gasteiger partial charge in [-0.05, 0) is 50.6 Å². The van der Waals surface area contributed by atoms with Gasteiger partial charge in [0.1, 0.15) is 0 Å². The number of carbonyl (C=O) groups excluding carboxylic acids is 2. The number of nitrogens with zero attached hydrogens (tertiary/aromatic N) is 2.